The Labute approximate surface area is 389 Å². The minimum absolute atomic E-state index is 0.0234. The number of aryl methyl sites for hydroxylation is 1. The molecule has 0 radical (unpaired) electrons. The Morgan fingerprint density at radius 3 is 2.32 bits per heavy atom. The lowest BCUT2D eigenvalue weighted by Gasteiger charge is -2.30. The van der Waals surface area contributed by atoms with Gasteiger partial charge in [0.15, 0.2) is 5.58 Å². The van der Waals surface area contributed by atoms with Gasteiger partial charge in [0.05, 0.1) is 27.8 Å². The first-order valence-corrected chi connectivity index (χ1v) is 23.0. The van der Waals surface area contributed by atoms with Gasteiger partial charge >= 0.3 is 12.1 Å². The van der Waals surface area contributed by atoms with Crippen LogP contribution in [0.25, 0.3) is 22.7 Å². The van der Waals surface area contributed by atoms with Gasteiger partial charge in [-0.1, -0.05) is 119 Å². The number of amides is 2. The highest BCUT2D eigenvalue weighted by atomic mass is 35.5. The number of carbonyl (C=O) groups excluding carboxylic acids is 4. The highest BCUT2D eigenvalue weighted by Gasteiger charge is 2.37. The molecule has 1 saturated carbocycles. The number of anilines is 2. The number of halogens is 1. The van der Waals surface area contributed by atoms with Crippen LogP contribution in [0.15, 0.2) is 89.3 Å². The van der Waals surface area contributed by atoms with Crippen LogP contribution in [-0.4, -0.2) is 52.4 Å². The SMILES string of the molecule is CCCCCCCCCCCCOC(=O)c1ccc(Cl)c(NC(=O)C(OC(=O)N(c2ccc(/C=C(\C#N)c3nc4ccccc4o3)c(C)c2)C2CCCC2)C(=O)c2cccc([N+](=O)[O-])c2)c1. The van der Waals surface area contributed by atoms with E-state index >= 15 is 0 Å². The van der Waals surface area contributed by atoms with Crippen LogP contribution in [0.4, 0.5) is 21.9 Å². The Hall–Kier alpha value is -6.85. The van der Waals surface area contributed by atoms with Gasteiger partial charge in [0, 0.05) is 29.4 Å². The number of Topliss-reactive ketones (excluding diaryl/α,β-unsaturated/α-hetero) is 1. The highest BCUT2D eigenvalue weighted by molar-refractivity contribution is 6.34. The molecule has 4 aromatic carbocycles. The lowest BCUT2D eigenvalue weighted by Crippen LogP contribution is -2.46. The van der Waals surface area contributed by atoms with Crippen molar-refractivity contribution in [1.29, 1.82) is 5.26 Å². The third kappa shape index (κ3) is 12.9. The van der Waals surface area contributed by atoms with Crippen LogP contribution in [0.5, 0.6) is 0 Å². The summed E-state index contributed by atoms with van der Waals surface area (Å²) in [5.41, 5.74) is 2.46. The van der Waals surface area contributed by atoms with Gasteiger partial charge in [-0.05, 0) is 85.9 Å². The quantitative estimate of drug-likeness (QED) is 0.0132. The number of oxazole rings is 1. The van der Waals surface area contributed by atoms with Crippen LogP contribution in [0.1, 0.15) is 135 Å². The largest absolute Gasteiger partial charge is 0.462 e. The number of carbonyl (C=O) groups is 4. The molecule has 1 fully saturated rings. The van der Waals surface area contributed by atoms with E-state index in [1.54, 1.807) is 36.4 Å². The van der Waals surface area contributed by atoms with E-state index in [1.807, 2.05) is 19.1 Å². The van der Waals surface area contributed by atoms with E-state index in [0.29, 0.717) is 47.2 Å². The Bertz CT molecular complexity index is 2580. The number of ketones is 1. The van der Waals surface area contributed by atoms with Crippen molar-refractivity contribution in [3.63, 3.8) is 0 Å². The number of benzene rings is 4. The lowest BCUT2D eigenvalue weighted by atomic mass is 10.0. The molecule has 1 unspecified atom stereocenters. The minimum atomic E-state index is -2.15. The molecule has 1 atom stereocenters. The summed E-state index contributed by atoms with van der Waals surface area (Å²) in [5.74, 6) is -2.61. The number of fused-ring (bicyclic) bond motifs is 1. The molecule has 0 saturated heterocycles. The molecule has 0 bridgehead atoms. The number of nitrogens with one attached hydrogen (secondary N) is 1. The van der Waals surface area contributed by atoms with Crippen molar-refractivity contribution in [2.45, 2.75) is 116 Å². The number of aromatic nitrogens is 1. The molecule has 5 aromatic rings. The van der Waals surface area contributed by atoms with E-state index < -0.39 is 40.5 Å². The van der Waals surface area contributed by atoms with Crippen molar-refractivity contribution in [1.82, 2.24) is 4.98 Å². The summed E-state index contributed by atoms with van der Waals surface area (Å²) < 4.78 is 17.2. The Morgan fingerprint density at radius 1 is 0.924 bits per heavy atom. The topological polar surface area (TPSA) is 195 Å². The maximum absolute atomic E-state index is 14.5. The number of unbranched alkanes of at least 4 members (excludes halogenated alkanes) is 9. The molecule has 15 heteroatoms. The normalized spacial score (nSPS) is 13.2. The van der Waals surface area contributed by atoms with Crippen molar-refractivity contribution >= 4 is 75.2 Å². The molecule has 2 amide bonds. The molecular weight excluding hydrogens is 862 g/mol. The number of ether oxygens (including phenoxy) is 2. The van der Waals surface area contributed by atoms with Crippen LogP contribution in [-0.2, 0) is 14.3 Å². The van der Waals surface area contributed by atoms with Gasteiger partial charge in [0.25, 0.3) is 11.6 Å². The number of hydrogen-bond donors (Lipinski definition) is 1. The second kappa shape index (κ2) is 23.9. The Morgan fingerprint density at radius 2 is 1.64 bits per heavy atom. The standard InChI is InChI=1S/C51H54ClN5O9/c1-3-4-5-6-7-8-9-10-11-16-28-64-50(60)37-25-27-42(52)44(32-37)54-48(59)47(46(58)36-18-17-21-41(31-36)57(62)63)66-51(61)56(39-19-12-13-20-39)40-26-24-35(34(2)29-40)30-38(33-53)49-55-43-22-14-15-23-45(43)65-49/h14-15,17-18,21-27,29-32,39,47H,3-13,16,19-20,28H2,1-2H3,(H,54,59)/b38-30+. The molecule has 6 rings (SSSR count). The fraction of sp³-hybridized carbons (Fsp3) is 0.373. The third-order valence-corrected chi connectivity index (χ3v) is 11.9. The molecule has 1 N–H and O–H groups in total. The molecule has 0 aliphatic heterocycles. The third-order valence-electron chi connectivity index (χ3n) is 11.6. The highest BCUT2D eigenvalue weighted by Crippen LogP contribution is 2.33. The monoisotopic (exact) mass is 915 g/mol. The number of para-hydroxylation sites is 2. The van der Waals surface area contributed by atoms with E-state index in [2.05, 4.69) is 23.3 Å². The van der Waals surface area contributed by atoms with Crippen molar-refractivity contribution in [3.8, 4) is 6.07 Å². The number of allylic oxidation sites excluding steroid dienone is 1. The van der Waals surface area contributed by atoms with E-state index in [0.717, 1.165) is 38.2 Å². The van der Waals surface area contributed by atoms with Gasteiger partial charge in [0.2, 0.25) is 17.8 Å². The Kier molecular flexibility index (Phi) is 17.6. The molecule has 344 valence electrons. The first kappa shape index (κ1) is 48.6. The molecule has 1 aliphatic rings. The molecule has 1 heterocycles. The number of nitriles is 1. The van der Waals surface area contributed by atoms with Crippen LogP contribution in [0.2, 0.25) is 5.02 Å². The maximum atomic E-state index is 14.5. The van der Waals surface area contributed by atoms with Gasteiger partial charge in [-0.2, -0.15) is 5.26 Å². The van der Waals surface area contributed by atoms with Crippen LogP contribution >= 0.6 is 11.6 Å². The zero-order valence-corrected chi connectivity index (χ0v) is 38.0. The summed E-state index contributed by atoms with van der Waals surface area (Å²) in [6, 6.07) is 23.0. The van der Waals surface area contributed by atoms with Gasteiger partial charge in [-0.3, -0.25) is 24.6 Å². The average Bonchev–Trinajstić information content (AvgIpc) is 4.01. The zero-order chi connectivity index (χ0) is 47.0. The first-order valence-electron chi connectivity index (χ1n) is 22.6. The smallest absolute Gasteiger partial charge is 0.415 e. The molecule has 14 nitrogen and oxygen atoms in total. The summed E-state index contributed by atoms with van der Waals surface area (Å²) in [5, 5.41) is 24.3. The molecule has 1 aromatic heterocycles. The molecule has 66 heavy (non-hydrogen) atoms. The minimum Gasteiger partial charge on any atom is -0.462 e. The second-order valence-corrected chi connectivity index (χ2v) is 16.9. The van der Waals surface area contributed by atoms with Crippen molar-refractivity contribution in [3.05, 3.63) is 128 Å². The summed E-state index contributed by atoms with van der Waals surface area (Å²) >= 11 is 6.50. The summed E-state index contributed by atoms with van der Waals surface area (Å²) in [4.78, 5) is 72.7. The Balaban J connectivity index is 1.20. The summed E-state index contributed by atoms with van der Waals surface area (Å²) in [6.07, 6.45) is 12.6. The van der Waals surface area contributed by atoms with E-state index in [9.17, 15) is 34.6 Å². The molecule has 1 aliphatic carbocycles. The van der Waals surface area contributed by atoms with E-state index in [1.165, 1.54) is 79.8 Å². The molecular formula is C51H54ClN5O9. The number of nitro groups is 1. The summed E-state index contributed by atoms with van der Waals surface area (Å²) in [6.45, 7) is 4.23. The first-order chi connectivity index (χ1) is 32.0. The molecule has 0 spiro atoms. The van der Waals surface area contributed by atoms with Gasteiger partial charge in [-0.15, -0.1) is 0 Å². The van der Waals surface area contributed by atoms with Gasteiger partial charge in [0.1, 0.15) is 17.2 Å². The van der Waals surface area contributed by atoms with Crippen molar-refractivity contribution in [2.75, 3.05) is 16.8 Å². The fourth-order valence-electron chi connectivity index (χ4n) is 7.98. The van der Waals surface area contributed by atoms with Crippen molar-refractivity contribution in [2.24, 2.45) is 0 Å². The fourth-order valence-corrected chi connectivity index (χ4v) is 8.14. The number of rotatable bonds is 22. The van der Waals surface area contributed by atoms with Crippen LogP contribution < -0.4 is 10.2 Å². The predicted octanol–water partition coefficient (Wildman–Crippen LogP) is 12.6. The average molecular weight is 916 g/mol. The number of nitro benzene ring substituents is 1. The van der Waals surface area contributed by atoms with E-state index in [-0.39, 0.29) is 45.9 Å². The summed E-state index contributed by atoms with van der Waals surface area (Å²) in [7, 11) is 0. The predicted molar refractivity (Wildman–Crippen MR) is 253 cm³/mol. The van der Waals surface area contributed by atoms with E-state index in [4.69, 9.17) is 25.5 Å². The zero-order valence-electron chi connectivity index (χ0n) is 37.3. The van der Waals surface area contributed by atoms with Gasteiger partial charge in [-0.25, -0.2) is 14.6 Å². The lowest BCUT2D eigenvalue weighted by molar-refractivity contribution is -0.384. The van der Waals surface area contributed by atoms with Crippen LogP contribution in [0, 0.1) is 28.4 Å². The number of esters is 1. The van der Waals surface area contributed by atoms with Crippen LogP contribution in [0.3, 0.4) is 0 Å². The number of nitrogens with zero attached hydrogens (tertiary/aromatic N) is 4. The van der Waals surface area contributed by atoms with Crippen molar-refractivity contribution < 1.29 is 38.0 Å². The number of non-ortho nitro benzene ring substituents is 1. The maximum Gasteiger partial charge on any atom is 0.415 e. The second-order valence-electron chi connectivity index (χ2n) is 16.4. The number of hydrogen-bond acceptors (Lipinski definition) is 11. The van der Waals surface area contributed by atoms with Gasteiger partial charge < -0.3 is 19.2 Å².